The normalized spacial score (nSPS) is 16.6. The minimum Gasteiger partial charge on any atom is -0.397 e. The van der Waals surface area contributed by atoms with Gasteiger partial charge in [-0.3, -0.25) is 4.98 Å². The summed E-state index contributed by atoms with van der Waals surface area (Å²) in [7, 11) is 0. The van der Waals surface area contributed by atoms with Crippen LogP contribution in [0.25, 0.3) is 0 Å². The van der Waals surface area contributed by atoms with Crippen molar-refractivity contribution in [3.63, 3.8) is 0 Å². The fourth-order valence-electron chi connectivity index (χ4n) is 1.57. The fraction of sp³-hybridized carbons (Fsp3) is 0.300. The number of nitrogens with zero attached hydrogens (tertiary/aromatic N) is 2. The molecule has 1 aromatic rings. The largest absolute Gasteiger partial charge is 0.397 e. The van der Waals surface area contributed by atoms with E-state index in [4.69, 9.17) is 5.73 Å². The van der Waals surface area contributed by atoms with Crippen molar-refractivity contribution in [3.8, 4) is 0 Å². The van der Waals surface area contributed by atoms with E-state index < -0.39 is 0 Å². The molecule has 2 heterocycles. The minimum atomic E-state index is -0.0977. The molecule has 1 aromatic heterocycles. The first kappa shape index (κ1) is 8.99. The quantitative estimate of drug-likeness (QED) is 0.738. The number of rotatable bonds is 1. The highest BCUT2D eigenvalue weighted by molar-refractivity contribution is 5.66. The summed E-state index contributed by atoms with van der Waals surface area (Å²) in [5.74, 6) is -0.0977. The van der Waals surface area contributed by atoms with Gasteiger partial charge in [0.05, 0.1) is 24.1 Å². The molecule has 0 saturated carbocycles. The Balaban J connectivity index is 2.24. The topological polar surface area (TPSA) is 42.1 Å². The van der Waals surface area contributed by atoms with Gasteiger partial charge in [0.25, 0.3) is 0 Å². The lowest BCUT2D eigenvalue weighted by Crippen LogP contribution is -2.29. The van der Waals surface area contributed by atoms with Gasteiger partial charge in [0.1, 0.15) is 5.83 Å². The van der Waals surface area contributed by atoms with Crippen molar-refractivity contribution in [1.82, 2.24) is 4.98 Å². The van der Waals surface area contributed by atoms with E-state index in [2.05, 4.69) is 4.98 Å². The molecule has 0 aliphatic carbocycles. The summed E-state index contributed by atoms with van der Waals surface area (Å²) in [4.78, 5) is 5.88. The van der Waals surface area contributed by atoms with Crippen LogP contribution in [0.5, 0.6) is 0 Å². The summed E-state index contributed by atoms with van der Waals surface area (Å²) >= 11 is 0. The first-order valence-electron chi connectivity index (χ1n) is 4.56. The molecule has 0 bridgehead atoms. The van der Waals surface area contributed by atoms with E-state index >= 15 is 0 Å². The van der Waals surface area contributed by atoms with Crippen LogP contribution in [0.2, 0.25) is 0 Å². The lowest BCUT2D eigenvalue weighted by Gasteiger charge is -2.27. The number of nitrogens with two attached hydrogens (primary N) is 1. The van der Waals surface area contributed by atoms with E-state index in [0.29, 0.717) is 12.2 Å². The highest BCUT2D eigenvalue weighted by atomic mass is 19.1. The van der Waals surface area contributed by atoms with E-state index in [1.807, 2.05) is 4.90 Å². The predicted molar refractivity (Wildman–Crippen MR) is 54.7 cm³/mol. The molecule has 2 N–H and O–H groups in total. The van der Waals surface area contributed by atoms with Crippen LogP contribution in [-0.4, -0.2) is 18.1 Å². The SMILES string of the molecule is Nc1ccncc1N1CCC=C(F)C1. The summed E-state index contributed by atoms with van der Waals surface area (Å²) in [6.07, 6.45) is 5.64. The second-order valence-corrected chi connectivity index (χ2v) is 3.30. The summed E-state index contributed by atoms with van der Waals surface area (Å²) in [5.41, 5.74) is 7.24. The van der Waals surface area contributed by atoms with Crippen molar-refractivity contribution in [1.29, 1.82) is 0 Å². The average molecular weight is 193 g/mol. The Morgan fingerprint density at radius 2 is 2.36 bits per heavy atom. The van der Waals surface area contributed by atoms with Crippen LogP contribution in [0, 0.1) is 0 Å². The second-order valence-electron chi connectivity index (χ2n) is 3.30. The highest BCUT2D eigenvalue weighted by Gasteiger charge is 2.14. The molecular formula is C10H12FN3. The fourth-order valence-corrected chi connectivity index (χ4v) is 1.57. The summed E-state index contributed by atoms with van der Waals surface area (Å²) in [6.45, 7) is 1.10. The van der Waals surface area contributed by atoms with E-state index in [1.165, 1.54) is 0 Å². The van der Waals surface area contributed by atoms with Crippen LogP contribution in [-0.2, 0) is 0 Å². The van der Waals surface area contributed by atoms with E-state index in [-0.39, 0.29) is 5.83 Å². The van der Waals surface area contributed by atoms with Crippen LogP contribution < -0.4 is 10.6 Å². The number of aromatic nitrogens is 1. The second kappa shape index (κ2) is 3.65. The molecule has 74 valence electrons. The molecule has 2 rings (SSSR count). The minimum absolute atomic E-state index is 0.0977. The van der Waals surface area contributed by atoms with Gasteiger partial charge in [-0.25, -0.2) is 4.39 Å². The summed E-state index contributed by atoms with van der Waals surface area (Å²) in [6, 6.07) is 1.73. The summed E-state index contributed by atoms with van der Waals surface area (Å²) in [5, 5.41) is 0. The molecular weight excluding hydrogens is 181 g/mol. The van der Waals surface area contributed by atoms with Gasteiger partial charge in [0, 0.05) is 12.7 Å². The van der Waals surface area contributed by atoms with Gasteiger partial charge in [-0.1, -0.05) is 0 Å². The molecule has 0 spiro atoms. The molecule has 0 aromatic carbocycles. The zero-order valence-corrected chi connectivity index (χ0v) is 7.78. The Hall–Kier alpha value is -1.58. The first-order valence-corrected chi connectivity index (χ1v) is 4.56. The molecule has 0 unspecified atom stereocenters. The van der Waals surface area contributed by atoms with Crippen molar-refractivity contribution in [3.05, 3.63) is 30.4 Å². The average Bonchev–Trinajstić information content (AvgIpc) is 2.18. The van der Waals surface area contributed by atoms with Crippen LogP contribution in [0.3, 0.4) is 0 Å². The number of nitrogen functional groups attached to an aromatic ring is 1. The van der Waals surface area contributed by atoms with Crippen molar-refractivity contribution in [2.75, 3.05) is 23.7 Å². The highest BCUT2D eigenvalue weighted by Crippen LogP contribution is 2.24. The predicted octanol–water partition coefficient (Wildman–Crippen LogP) is 1.73. The number of hydrogen-bond acceptors (Lipinski definition) is 3. The van der Waals surface area contributed by atoms with Crippen molar-refractivity contribution >= 4 is 11.4 Å². The van der Waals surface area contributed by atoms with Gasteiger partial charge in [0.15, 0.2) is 0 Å². The Bertz CT molecular complexity index is 362. The maximum absolute atomic E-state index is 13.0. The maximum Gasteiger partial charge on any atom is 0.115 e. The Morgan fingerprint density at radius 1 is 1.50 bits per heavy atom. The molecule has 0 saturated heterocycles. The smallest absolute Gasteiger partial charge is 0.115 e. The molecule has 0 atom stereocenters. The Kier molecular flexibility index (Phi) is 2.35. The van der Waals surface area contributed by atoms with Gasteiger partial charge < -0.3 is 10.6 Å². The maximum atomic E-state index is 13.0. The lowest BCUT2D eigenvalue weighted by molar-refractivity contribution is 0.575. The monoisotopic (exact) mass is 193 g/mol. The Labute approximate surface area is 82.0 Å². The number of anilines is 2. The molecule has 0 fully saturated rings. The van der Waals surface area contributed by atoms with Crippen molar-refractivity contribution < 1.29 is 4.39 Å². The number of halogens is 1. The third-order valence-corrected chi connectivity index (χ3v) is 2.28. The van der Waals surface area contributed by atoms with Gasteiger partial charge in [-0.05, 0) is 18.6 Å². The van der Waals surface area contributed by atoms with Crippen LogP contribution in [0.15, 0.2) is 30.4 Å². The third-order valence-electron chi connectivity index (χ3n) is 2.28. The van der Waals surface area contributed by atoms with Gasteiger partial charge in [-0.2, -0.15) is 0 Å². The van der Waals surface area contributed by atoms with Crippen LogP contribution in [0.4, 0.5) is 15.8 Å². The van der Waals surface area contributed by atoms with E-state index in [9.17, 15) is 4.39 Å². The van der Waals surface area contributed by atoms with E-state index in [1.54, 1.807) is 24.5 Å². The van der Waals surface area contributed by atoms with E-state index in [0.717, 1.165) is 18.7 Å². The van der Waals surface area contributed by atoms with Gasteiger partial charge >= 0.3 is 0 Å². The number of pyridine rings is 1. The number of hydrogen-bond donors (Lipinski definition) is 1. The van der Waals surface area contributed by atoms with Crippen molar-refractivity contribution in [2.24, 2.45) is 0 Å². The first-order chi connectivity index (χ1) is 6.77. The van der Waals surface area contributed by atoms with Crippen LogP contribution >= 0.6 is 0 Å². The molecule has 0 radical (unpaired) electrons. The standard InChI is InChI=1S/C10H12FN3/c11-8-2-1-5-14(7-8)10-6-13-4-3-9(10)12/h2-4,6H,1,5,7H2,(H2,12,13). The van der Waals surface area contributed by atoms with Gasteiger partial charge in [-0.15, -0.1) is 0 Å². The molecule has 1 aliphatic heterocycles. The van der Waals surface area contributed by atoms with Gasteiger partial charge in [0.2, 0.25) is 0 Å². The molecule has 4 heteroatoms. The molecule has 14 heavy (non-hydrogen) atoms. The molecule has 3 nitrogen and oxygen atoms in total. The summed E-state index contributed by atoms with van der Waals surface area (Å²) < 4.78 is 13.0. The zero-order valence-electron chi connectivity index (χ0n) is 7.78. The van der Waals surface area contributed by atoms with Crippen LogP contribution in [0.1, 0.15) is 6.42 Å². The molecule has 0 amide bonds. The third kappa shape index (κ3) is 1.69. The Morgan fingerprint density at radius 3 is 3.07 bits per heavy atom. The van der Waals surface area contributed by atoms with Crippen molar-refractivity contribution in [2.45, 2.75) is 6.42 Å². The lowest BCUT2D eigenvalue weighted by atomic mass is 10.2. The molecule has 1 aliphatic rings. The zero-order chi connectivity index (χ0) is 9.97.